The Hall–Kier alpha value is -2.09. The zero-order valence-electron chi connectivity index (χ0n) is 11.3. The molecular formula is C14H12F3N3OS. The summed E-state index contributed by atoms with van der Waals surface area (Å²) in [6.45, 7) is 0.284. The summed E-state index contributed by atoms with van der Waals surface area (Å²) in [5.74, 6) is -0.472. The largest absolute Gasteiger partial charge is 0.417 e. The van der Waals surface area contributed by atoms with Crippen LogP contribution in [0.4, 0.5) is 13.2 Å². The lowest BCUT2D eigenvalue weighted by Gasteiger charge is -2.11. The smallest absolute Gasteiger partial charge is 0.351 e. The average molecular weight is 327 g/mol. The predicted molar refractivity (Wildman–Crippen MR) is 76.0 cm³/mol. The molecule has 2 rings (SSSR count). The van der Waals surface area contributed by atoms with Gasteiger partial charge in [0, 0.05) is 36.2 Å². The first-order chi connectivity index (χ1) is 10.5. The van der Waals surface area contributed by atoms with Crippen LogP contribution >= 0.6 is 11.8 Å². The standard InChI is InChI=1S/C14H12F3N3OS/c15-14(16,17)11-3-5-19-8-12(11)22-9-13(21)20-7-10-2-1-4-18-6-10/h1-6,8H,7,9H2,(H,20,21). The molecule has 2 aromatic rings. The van der Waals surface area contributed by atoms with Crippen LogP contribution in [0, 0.1) is 0 Å². The third kappa shape index (κ3) is 4.73. The number of carbonyl (C=O) groups is 1. The fourth-order valence-electron chi connectivity index (χ4n) is 1.63. The van der Waals surface area contributed by atoms with Crippen molar-refractivity contribution in [3.63, 3.8) is 0 Å². The number of alkyl halides is 3. The van der Waals surface area contributed by atoms with Crippen molar-refractivity contribution in [1.29, 1.82) is 0 Å². The van der Waals surface area contributed by atoms with Crippen LogP contribution in [-0.2, 0) is 17.5 Å². The maximum absolute atomic E-state index is 12.8. The molecule has 22 heavy (non-hydrogen) atoms. The zero-order valence-corrected chi connectivity index (χ0v) is 12.1. The van der Waals surface area contributed by atoms with E-state index in [4.69, 9.17) is 0 Å². The van der Waals surface area contributed by atoms with Crippen molar-refractivity contribution in [2.75, 3.05) is 5.75 Å². The Morgan fingerprint density at radius 2 is 1.95 bits per heavy atom. The minimum Gasteiger partial charge on any atom is -0.351 e. The molecule has 0 aromatic carbocycles. The second-order valence-corrected chi connectivity index (χ2v) is 5.31. The Morgan fingerprint density at radius 1 is 1.18 bits per heavy atom. The molecule has 2 heterocycles. The van der Waals surface area contributed by atoms with Gasteiger partial charge in [0.05, 0.1) is 11.3 Å². The number of rotatable bonds is 5. The highest BCUT2D eigenvalue weighted by Crippen LogP contribution is 2.35. The normalized spacial score (nSPS) is 11.2. The number of hydrogen-bond donors (Lipinski definition) is 1. The van der Waals surface area contributed by atoms with Gasteiger partial charge in [-0.1, -0.05) is 6.07 Å². The summed E-state index contributed by atoms with van der Waals surface area (Å²) >= 11 is 0.807. The van der Waals surface area contributed by atoms with Crippen molar-refractivity contribution in [3.05, 3.63) is 54.1 Å². The van der Waals surface area contributed by atoms with Gasteiger partial charge in [0.1, 0.15) is 0 Å². The van der Waals surface area contributed by atoms with E-state index in [1.807, 2.05) is 0 Å². The molecule has 4 nitrogen and oxygen atoms in total. The van der Waals surface area contributed by atoms with Crippen LogP contribution < -0.4 is 5.32 Å². The molecule has 0 aliphatic carbocycles. The van der Waals surface area contributed by atoms with Gasteiger partial charge in [-0.25, -0.2) is 0 Å². The summed E-state index contributed by atoms with van der Waals surface area (Å²) in [5.41, 5.74) is 0.0331. The molecule has 0 bridgehead atoms. The summed E-state index contributed by atoms with van der Waals surface area (Å²) < 4.78 is 38.4. The fraction of sp³-hybridized carbons (Fsp3) is 0.214. The van der Waals surface area contributed by atoms with Gasteiger partial charge in [-0.05, 0) is 17.7 Å². The van der Waals surface area contributed by atoms with E-state index in [-0.39, 0.29) is 23.1 Å². The van der Waals surface area contributed by atoms with E-state index in [0.29, 0.717) is 0 Å². The Morgan fingerprint density at radius 3 is 2.64 bits per heavy atom. The van der Waals surface area contributed by atoms with Gasteiger partial charge in [0.2, 0.25) is 5.91 Å². The monoisotopic (exact) mass is 327 g/mol. The van der Waals surface area contributed by atoms with Gasteiger partial charge in [-0.2, -0.15) is 13.2 Å². The van der Waals surface area contributed by atoms with E-state index in [0.717, 1.165) is 35.8 Å². The molecule has 8 heteroatoms. The number of halogens is 3. The molecule has 0 aliphatic rings. The summed E-state index contributed by atoms with van der Waals surface area (Å²) in [5, 5.41) is 2.63. The Kier molecular flexibility index (Phi) is 5.37. The highest BCUT2D eigenvalue weighted by Gasteiger charge is 2.33. The molecule has 1 amide bonds. The van der Waals surface area contributed by atoms with E-state index in [9.17, 15) is 18.0 Å². The zero-order chi connectivity index (χ0) is 16.0. The molecule has 0 saturated heterocycles. The van der Waals surface area contributed by atoms with Crippen molar-refractivity contribution >= 4 is 17.7 Å². The van der Waals surface area contributed by atoms with Crippen LogP contribution in [0.5, 0.6) is 0 Å². The van der Waals surface area contributed by atoms with Crippen LogP contribution in [0.15, 0.2) is 47.9 Å². The van der Waals surface area contributed by atoms with E-state index in [1.165, 1.54) is 0 Å². The Bertz CT molecular complexity index is 635. The van der Waals surface area contributed by atoms with E-state index in [1.54, 1.807) is 24.5 Å². The van der Waals surface area contributed by atoms with E-state index in [2.05, 4.69) is 15.3 Å². The van der Waals surface area contributed by atoms with Gasteiger partial charge in [-0.15, -0.1) is 11.8 Å². The molecule has 2 aromatic heterocycles. The number of nitrogens with zero attached hydrogens (tertiary/aromatic N) is 2. The van der Waals surface area contributed by atoms with E-state index < -0.39 is 11.7 Å². The highest BCUT2D eigenvalue weighted by atomic mass is 32.2. The summed E-state index contributed by atoms with van der Waals surface area (Å²) in [7, 11) is 0. The molecular weight excluding hydrogens is 315 g/mol. The van der Waals surface area contributed by atoms with Crippen LogP contribution in [0.3, 0.4) is 0 Å². The van der Waals surface area contributed by atoms with Gasteiger partial charge >= 0.3 is 6.18 Å². The number of pyridine rings is 2. The predicted octanol–water partition coefficient (Wildman–Crippen LogP) is 2.90. The minimum absolute atomic E-state index is 0.0634. The van der Waals surface area contributed by atoms with Crippen molar-refractivity contribution in [1.82, 2.24) is 15.3 Å². The first-order valence-electron chi connectivity index (χ1n) is 6.26. The lowest BCUT2D eigenvalue weighted by atomic mass is 10.3. The number of amides is 1. The summed E-state index contributed by atoms with van der Waals surface area (Å²) in [6.07, 6.45) is 0.952. The first kappa shape index (κ1) is 16.3. The molecule has 0 radical (unpaired) electrons. The SMILES string of the molecule is O=C(CSc1cnccc1C(F)(F)F)NCc1cccnc1. The molecule has 116 valence electrons. The minimum atomic E-state index is -4.46. The highest BCUT2D eigenvalue weighted by molar-refractivity contribution is 8.00. The van der Waals surface area contributed by atoms with Crippen molar-refractivity contribution in [3.8, 4) is 0 Å². The van der Waals surface area contributed by atoms with Gasteiger partial charge in [-0.3, -0.25) is 14.8 Å². The molecule has 0 atom stereocenters. The molecule has 0 spiro atoms. The first-order valence-corrected chi connectivity index (χ1v) is 7.25. The van der Waals surface area contributed by atoms with Crippen molar-refractivity contribution in [2.45, 2.75) is 17.6 Å². The van der Waals surface area contributed by atoms with Crippen LogP contribution in [0.25, 0.3) is 0 Å². The second kappa shape index (κ2) is 7.26. The number of hydrogen-bond acceptors (Lipinski definition) is 4. The van der Waals surface area contributed by atoms with Gasteiger partial charge in [0.15, 0.2) is 0 Å². The third-order valence-corrected chi connectivity index (χ3v) is 3.70. The maximum atomic E-state index is 12.8. The van der Waals surface area contributed by atoms with Crippen LogP contribution in [-0.4, -0.2) is 21.6 Å². The topological polar surface area (TPSA) is 54.9 Å². The lowest BCUT2D eigenvalue weighted by Crippen LogP contribution is -2.24. The number of carbonyl (C=O) groups excluding carboxylic acids is 1. The van der Waals surface area contributed by atoms with Crippen LogP contribution in [0.2, 0.25) is 0 Å². The molecule has 0 saturated carbocycles. The number of nitrogens with one attached hydrogen (secondary N) is 1. The lowest BCUT2D eigenvalue weighted by molar-refractivity contribution is -0.139. The molecule has 1 N–H and O–H groups in total. The Labute approximate surface area is 129 Å². The molecule has 0 unspecified atom stereocenters. The van der Waals surface area contributed by atoms with Gasteiger partial charge < -0.3 is 5.32 Å². The summed E-state index contributed by atoms with van der Waals surface area (Å²) in [4.78, 5) is 19.2. The van der Waals surface area contributed by atoms with Crippen molar-refractivity contribution < 1.29 is 18.0 Å². The number of thioether (sulfide) groups is 1. The number of aromatic nitrogens is 2. The van der Waals surface area contributed by atoms with E-state index >= 15 is 0 Å². The fourth-order valence-corrected chi connectivity index (χ4v) is 2.49. The second-order valence-electron chi connectivity index (χ2n) is 4.30. The molecule has 0 fully saturated rings. The summed E-state index contributed by atoms with van der Waals surface area (Å²) in [6, 6.07) is 4.43. The average Bonchev–Trinajstić information content (AvgIpc) is 2.51. The van der Waals surface area contributed by atoms with Gasteiger partial charge in [0.25, 0.3) is 0 Å². The third-order valence-electron chi connectivity index (χ3n) is 2.66. The quantitative estimate of drug-likeness (QED) is 0.858. The van der Waals surface area contributed by atoms with Crippen LogP contribution in [0.1, 0.15) is 11.1 Å². The maximum Gasteiger partial charge on any atom is 0.417 e. The molecule has 0 aliphatic heterocycles. The Balaban J connectivity index is 1.89. The van der Waals surface area contributed by atoms with Crippen molar-refractivity contribution in [2.24, 2.45) is 0 Å².